The van der Waals surface area contributed by atoms with Crippen molar-refractivity contribution in [1.82, 2.24) is 0 Å². The van der Waals surface area contributed by atoms with Crippen molar-refractivity contribution in [2.45, 2.75) is 105 Å². The van der Waals surface area contributed by atoms with E-state index in [1.54, 1.807) is 0 Å². The molecule has 0 saturated carbocycles. The van der Waals surface area contributed by atoms with Crippen LogP contribution in [0.1, 0.15) is 105 Å². The molecule has 3 heterocycles. The van der Waals surface area contributed by atoms with Gasteiger partial charge >= 0.3 is 421 Å². The molecular formula is C66H65GeN3. The van der Waals surface area contributed by atoms with Crippen LogP contribution in [0.4, 0.5) is 51.2 Å². The SMILES string of the molecule is CC(C)(C)c1ccc(N2c3cc4ccccc4c4[c]3[Ge]3([c]5ccccc5)[c]5c(cc(C(C)(C)C)cc5N(c5ccc(C(C)(C)C)cc5)c5[c]3c2cc2ccccc52)N4c2ccc(C(C)(C)C)cc2)cc1. The van der Waals surface area contributed by atoms with Crippen molar-refractivity contribution in [3.8, 4) is 0 Å². The predicted octanol–water partition coefficient (Wildman–Crippen LogP) is 15.9. The van der Waals surface area contributed by atoms with Crippen LogP contribution in [0.5, 0.6) is 0 Å². The zero-order valence-corrected chi connectivity index (χ0v) is 45.2. The van der Waals surface area contributed by atoms with E-state index in [4.69, 9.17) is 0 Å². The Morgan fingerprint density at radius 3 is 1.00 bits per heavy atom. The van der Waals surface area contributed by atoms with Gasteiger partial charge in [0.2, 0.25) is 0 Å². The van der Waals surface area contributed by atoms with E-state index in [0.29, 0.717) is 0 Å². The number of hydrogen-bond donors (Lipinski definition) is 0. The molecule has 4 heteroatoms. The molecule has 0 N–H and O–H groups in total. The summed E-state index contributed by atoms with van der Waals surface area (Å²) < 4.78 is 5.94. The average Bonchev–Trinajstić information content (AvgIpc) is 3.33. The standard InChI is InChI=1S/C66H65GeN3/c1-63(2,3)44-26-32-49(33-27-44)68-54-38-42-20-16-18-24-52(42)61-59(54)67(48-22-14-13-15-23-48)58-56(69(61)50-34-28-45(29-35-50)64(4,5)6)40-47(66(10,11)12)41-57(58)70(51-36-30-46(31-37-51)65(7,8)9)62-53-25-19-17-21-43(53)39-55(68)60(62)67/h13-41H,1-12H3. The first-order valence-electron chi connectivity index (χ1n) is 25.4. The molecule has 348 valence electrons. The molecule has 0 aliphatic carbocycles. The molecule has 0 amide bonds. The van der Waals surface area contributed by atoms with Gasteiger partial charge in [0.1, 0.15) is 0 Å². The third-order valence-electron chi connectivity index (χ3n) is 15.7. The molecular weight excluding hydrogens is 907 g/mol. The van der Waals surface area contributed by atoms with E-state index in [-0.39, 0.29) is 21.7 Å². The summed E-state index contributed by atoms with van der Waals surface area (Å²) in [5.41, 5.74) is 16.5. The fourth-order valence-corrected chi connectivity index (χ4v) is 24.1. The Morgan fingerprint density at radius 2 is 0.629 bits per heavy atom. The zero-order chi connectivity index (χ0) is 48.9. The second kappa shape index (κ2) is 15.2. The predicted molar refractivity (Wildman–Crippen MR) is 305 cm³/mol. The Bertz CT molecular complexity index is 3380. The molecule has 9 aromatic rings. The van der Waals surface area contributed by atoms with Crippen molar-refractivity contribution in [2.24, 2.45) is 0 Å². The van der Waals surface area contributed by atoms with Crippen LogP contribution in [0, 0.1) is 0 Å². The normalized spacial score (nSPS) is 14.9. The Labute approximate surface area is 418 Å². The summed E-state index contributed by atoms with van der Waals surface area (Å²) in [6, 6.07) is 69.1. The van der Waals surface area contributed by atoms with Gasteiger partial charge in [-0.25, -0.2) is 0 Å². The first-order chi connectivity index (χ1) is 33.3. The van der Waals surface area contributed by atoms with Gasteiger partial charge in [-0.1, -0.05) is 0 Å². The summed E-state index contributed by atoms with van der Waals surface area (Å²) in [6.45, 7) is 28.0. The van der Waals surface area contributed by atoms with Crippen LogP contribution < -0.4 is 32.3 Å². The topological polar surface area (TPSA) is 9.72 Å². The van der Waals surface area contributed by atoms with Crippen LogP contribution >= 0.6 is 0 Å². The fraction of sp³-hybridized carbons (Fsp3) is 0.242. The van der Waals surface area contributed by atoms with Gasteiger partial charge in [0, 0.05) is 0 Å². The molecule has 3 aliphatic heterocycles. The fourth-order valence-electron chi connectivity index (χ4n) is 12.0. The molecule has 0 bridgehead atoms. The number of anilines is 9. The Morgan fingerprint density at radius 1 is 0.300 bits per heavy atom. The molecule has 3 nitrogen and oxygen atoms in total. The number of rotatable bonds is 4. The van der Waals surface area contributed by atoms with Crippen molar-refractivity contribution < 1.29 is 0 Å². The van der Waals surface area contributed by atoms with E-state index in [1.807, 2.05) is 0 Å². The van der Waals surface area contributed by atoms with E-state index in [0.717, 1.165) is 0 Å². The second-order valence-corrected chi connectivity index (χ2v) is 31.8. The summed E-state index contributed by atoms with van der Waals surface area (Å²) in [5, 5.41) is 5.05. The Balaban J connectivity index is 1.35. The van der Waals surface area contributed by atoms with Gasteiger partial charge in [0.15, 0.2) is 0 Å². The average molecular weight is 973 g/mol. The van der Waals surface area contributed by atoms with Gasteiger partial charge in [-0.2, -0.15) is 0 Å². The molecule has 0 radical (unpaired) electrons. The summed E-state index contributed by atoms with van der Waals surface area (Å²) in [5.74, 6) is 0. The maximum atomic E-state index is 2.70. The first kappa shape index (κ1) is 44.6. The monoisotopic (exact) mass is 973 g/mol. The molecule has 0 saturated heterocycles. The third kappa shape index (κ3) is 6.53. The van der Waals surface area contributed by atoms with Gasteiger partial charge in [-0.3, -0.25) is 0 Å². The maximum absolute atomic E-state index is 4.22. The molecule has 0 aromatic heterocycles. The summed E-state index contributed by atoms with van der Waals surface area (Å²) in [4.78, 5) is 8.07. The van der Waals surface area contributed by atoms with E-state index in [1.165, 1.54) is 113 Å². The van der Waals surface area contributed by atoms with Crippen molar-refractivity contribution in [3.05, 3.63) is 198 Å². The molecule has 70 heavy (non-hydrogen) atoms. The van der Waals surface area contributed by atoms with Crippen molar-refractivity contribution >= 4 is 104 Å². The quantitative estimate of drug-likeness (QED) is 0.163. The summed E-state index contributed by atoms with van der Waals surface area (Å²) >= 11 is -4.22. The summed E-state index contributed by atoms with van der Waals surface area (Å²) in [7, 11) is 0. The molecule has 0 spiro atoms. The summed E-state index contributed by atoms with van der Waals surface area (Å²) in [6.07, 6.45) is 0. The van der Waals surface area contributed by atoms with Crippen LogP contribution in [0.2, 0.25) is 0 Å². The van der Waals surface area contributed by atoms with Gasteiger partial charge in [-0.15, -0.1) is 0 Å². The van der Waals surface area contributed by atoms with E-state index in [2.05, 4.69) is 274 Å². The van der Waals surface area contributed by atoms with Crippen LogP contribution in [-0.2, 0) is 21.7 Å². The minimum absolute atomic E-state index is 0.0110. The van der Waals surface area contributed by atoms with E-state index < -0.39 is 13.3 Å². The van der Waals surface area contributed by atoms with Crippen LogP contribution in [0.15, 0.2) is 176 Å². The molecule has 9 aromatic carbocycles. The second-order valence-electron chi connectivity index (χ2n) is 24.3. The van der Waals surface area contributed by atoms with E-state index in [9.17, 15) is 0 Å². The van der Waals surface area contributed by atoms with Crippen LogP contribution in [0.3, 0.4) is 0 Å². The van der Waals surface area contributed by atoms with Crippen molar-refractivity contribution in [2.75, 3.05) is 14.7 Å². The minimum atomic E-state index is -4.22. The number of hydrogen-bond acceptors (Lipinski definition) is 3. The Kier molecular flexibility index (Phi) is 9.71. The Hall–Kier alpha value is -6.56. The molecule has 0 unspecified atom stereocenters. The van der Waals surface area contributed by atoms with Gasteiger partial charge in [-0.05, 0) is 0 Å². The molecule has 3 aliphatic rings. The van der Waals surface area contributed by atoms with Gasteiger partial charge < -0.3 is 0 Å². The molecule has 0 fully saturated rings. The van der Waals surface area contributed by atoms with Crippen molar-refractivity contribution in [1.29, 1.82) is 0 Å². The number of benzene rings is 9. The van der Waals surface area contributed by atoms with E-state index >= 15 is 0 Å². The van der Waals surface area contributed by atoms with Crippen LogP contribution in [-0.4, -0.2) is 13.3 Å². The molecule has 12 rings (SSSR count). The number of nitrogens with zero attached hydrogens (tertiary/aromatic N) is 3. The van der Waals surface area contributed by atoms with Crippen molar-refractivity contribution in [3.63, 3.8) is 0 Å². The van der Waals surface area contributed by atoms with Gasteiger partial charge in [0.05, 0.1) is 0 Å². The molecule has 0 atom stereocenters. The zero-order valence-electron chi connectivity index (χ0n) is 43.1. The first-order valence-corrected chi connectivity index (χ1v) is 29.5. The van der Waals surface area contributed by atoms with Crippen LogP contribution in [0.25, 0.3) is 21.5 Å². The van der Waals surface area contributed by atoms with Gasteiger partial charge in [0.25, 0.3) is 0 Å². The third-order valence-corrected chi connectivity index (χ3v) is 26.1. The number of fused-ring (bicyclic) bond motifs is 4.